The van der Waals surface area contributed by atoms with Gasteiger partial charge in [-0.15, -0.1) is 0 Å². The zero-order chi connectivity index (χ0) is 13.1. The molecule has 0 heteroatoms. The smallest absolute Gasteiger partial charge is 0.0622 e. The van der Waals surface area contributed by atoms with E-state index in [0.29, 0.717) is 6.04 Å². The molecular weight excluding hydrogens is 216 g/mol. The third-order valence-electron chi connectivity index (χ3n) is 3.01. The summed E-state index contributed by atoms with van der Waals surface area (Å²) in [6.07, 6.45) is 0. The first-order valence-electron chi connectivity index (χ1n) is 6.55. The standard InChI is InChI=1S/C18H14/c1-3-8-15(9-4-1)17-12-7-13-18(14-17)16-10-5-2-6-11-16/h1-14H/i3D. The van der Waals surface area contributed by atoms with Gasteiger partial charge in [0, 0.05) is 0 Å². The van der Waals surface area contributed by atoms with Gasteiger partial charge >= 0.3 is 0 Å². The van der Waals surface area contributed by atoms with Gasteiger partial charge in [-0.25, -0.2) is 0 Å². The van der Waals surface area contributed by atoms with Gasteiger partial charge in [0.25, 0.3) is 0 Å². The first-order chi connectivity index (χ1) is 9.33. The van der Waals surface area contributed by atoms with Crippen LogP contribution in [0.25, 0.3) is 22.3 Å². The van der Waals surface area contributed by atoms with E-state index in [1.165, 1.54) is 11.1 Å². The van der Waals surface area contributed by atoms with E-state index in [-0.39, 0.29) is 0 Å². The van der Waals surface area contributed by atoms with Crippen LogP contribution in [0.15, 0.2) is 84.9 Å². The maximum Gasteiger partial charge on any atom is 0.0623 e. The van der Waals surface area contributed by atoms with Gasteiger partial charge in [-0.2, -0.15) is 0 Å². The van der Waals surface area contributed by atoms with Crippen molar-refractivity contribution in [1.82, 2.24) is 0 Å². The Morgan fingerprint density at radius 1 is 0.500 bits per heavy atom. The highest BCUT2D eigenvalue weighted by atomic mass is 14.0. The lowest BCUT2D eigenvalue weighted by atomic mass is 9.99. The summed E-state index contributed by atoms with van der Waals surface area (Å²) in [6, 6.07) is 27.0. The van der Waals surface area contributed by atoms with E-state index in [2.05, 4.69) is 36.4 Å². The number of hydrogen-bond donors (Lipinski definition) is 0. The van der Waals surface area contributed by atoms with Crippen molar-refractivity contribution in [2.75, 3.05) is 0 Å². The fraction of sp³-hybridized carbons (Fsp3) is 0. The third kappa shape index (κ3) is 2.18. The van der Waals surface area contributed by atoms with Crippen LogP contribution in [0, 0.1) is 0 Å². The summed E-state index contributed by atoms with van der Waals surface area (Å²) >= 11 is 0. The molecule has 86 valence electrons. The van der Waals surface area contributed by atoms with E-state index in [1.807, 2.05) is 36.4 Å². The number of rotatable bonds is 2. The molecule has 0 N–H and O–H groups in total. The van der Waals surface area contributed by atoms with E-state index in [0.717, 1.165) is 11.1 Å². The van der Waals surface area contributed by atoms with E-state index in [9.17, 15) is 0 Å². The monoisotopic (exact) mass is 231 g/mol. The Morgan fingerprint density at radius 3 is 1.72 bits per heavy atom. The molecule has 0 nitrogen and oxygen atoms in total. The summed E-state index contributed by atoms with van der Waals surface area (Å²) in [5.74, 6) is 0. The van der Waals surface area contributed by atoms with Crippen molar-refractivity contribution in [2.24, 2.45) is 0 Å². The van der Waals surface area contributed by atoms with Gasteiger partial charge in [0.2, 0.25) is 0 Å². The molecule has 0 spiro atoms. The van der Waals surface area contributed by atoms with Gasteiger partial charge in [-0.1, -0.05) is 78.8 Å². The molecular formula is C18H14. The Labute approximate surface area is 109 Å². The van der Waals surface area contributed by atoms with Crippen molar-refractivity contribution in [1.29, 1.82) is 0 Å². The van der Waals surface area contributed by atoms with Gasteiger partial charge in [0.15, 0.2) is 0 Å². The molecule has 18 heavy (non-hydrogen) atoms. The predicted molar refractivity (Wildman–Crippen MR) is 77.3 cm³/mol. The minimum Gasteiger partial charge on any atom is -0.0622 e. The van der Waals surface area contributed by atoms with E-state index in [4.69, 9.17) is 1.37 Å². The van der Waals surface area contributed by atoms with Crippen LogP contribution < -0.4 is 0 Å². The van der Waals surface area contributed by atoms with Crippen LogP contribution in [0.1, 0.15) is 1.37 Å². The van der Waals surface area contributed by atoms with Crippen molar-refractivity contribution in [3.05, 3.63) is 84.9 Å². The summed E-state index contributed by atoms with van der Waals surface area (Å²) in [7, 11) is 0. The Hall–Kier alpha value is -2.34. The van der Waals surface area contributed by atoms with Crippen molar-refractivity contribution in [3.63, 3.8) is 0 Å². The molecule has 0 saturated carbocycles. The van der Waals surface area contributed by atoms with E-state index >= 15 is 0 Å². The maximum absolute atomic E-state index is 7.70. The molecule has 0 amide bonds. The van der Waals surface area contributed by atoms with Crippen molar-refractivity contribution >= 4 is 0 Å². The van der Waals surface area contributed by atoms with Gasteiger partial charge in [-0.3, -0.25) is 0 Å². The molecule has 0 bridgehead atoms. The Morgan fingerprint density at radius 2 is 1.06 bits per heavy atom. The summed E-state index contributed by atoms with van der Waals surface area (Å²) in [6.45, 7) is 0. The van der Waals surface area contributed by atoms with Crippen LogP contribution in [0.2, 0.25) is 0 Å². The molecule has 3 rings (SSSR count). The molecule has 3 aromatic carbocycles. The lowest BCUT2D eigenvalue weighted by Gasteiger charge is -2.05. The van der Waals surface area contributed by atoms with Crippen molar-refractivity contribution in [3.8, 4) is 22.3 Å². The molecule has 0 aliphatic rings. The first-order valence-corrected chi connectivity index (χ1v) is 6.05. The highest BCUT2D eigenvalue weighted by Gasteiger charge is 2.00. The van der Waals surface area contributed by atoms with Crippen LogP contribution in [0.4, 0.5) is 0 Å². The summed E-state index contributed by atoms with van der Waals surface area (Å²) in [5.41, 5.74) is 4.65. The zero-order valence-electron chi connectivity index (χ0n) is 11.0. The summed E-state index contributed by atoms with van der Waals surface area (Å²) in [4.78, 5) is 0. The second-order valence-electron chi connectivity index (χ2n) is 4.24. The molecule has 0 unspecified atom stereocenters. The Balaban J connectivity index is 2.06. The van der Waals surface area contributed by atoms with Gasteiger partial charge < -0.3 is 0 Å². The Bertz CT molecular complexity index is 687. The number of hydrogen-bond acceptors (Lipinski definition) is 0. The lowest BCUT2D eigenvalue weighted by Crippen LogP contribution is -1.80. The van der Waals surface area contributed by atoms with Crippen LogP contribution in [0.3, 0.4) is 0 Å². The zero-order valence-corrected chi connectivity index (χ0v) is 10.0. The van der Waals surface area contributed by atoms with Gasteiger partial charge in [-0.05, 0) is 28.3 Å². The largest absolute Gasteiger partial charge is 0.0623 e. The van der Waals surface area contributed by atoms with E-state index in [1.54, 1.807) is 6.07 Å². The second kappa shape index (κ2) is 4.89. The molecule has 0 aromatic heterocycles. The van der Waals surface area contributed by atoms with E-state index < -0.39 is 0 Å². The van der Waals surface area contributed by atoms with Crippen LogP contribution in [-0.4, -0.2) is 0 Å². The quantitative estimate of drug-likeness (QED) is 0.581. The van der Waals surface area contributed by atoms with Crippen LogP contribution in [-0.2, 0) is 0 Å². The lowest BCUT2D eigenvalue weighted by molar-refractivity contribution is 1.59. The highest BCUT2D eigenvalue weighted by molar-refractivity contribution is 5.72. The van der Waals surface area contributed by atoms with Crippen LogP contribution >= 0.6 is 0 Å². The summed E-state index contributed by atoms with van der Waals surface area (Å²) < 4.78 is 7.70. The van der Waals surface area contributed by atoms with Gasteiger partial charge in [0.1, 0.15) is 0 Å². The topological polar surface area (TPSA) is 0 Å². The van der Waals surface area contributed by atoms with Gasteiger partial charge in [0.05, 0.1) is 1.37 Å². The molecule has 0 aliphatic heterocycles. The van der Waals surface area contributed by atoms with Crippen LogP contribution in [0.5, 0.6) is 0 Å². The third-order valence-corrected chi connectivity index (χ3v) is 3.01. The molecule has 0 aliphatic carbocycles. The predicted octanol–water partition coefficient (Wildman–Crippen LogP) is 5.02. The average Bonchev–Trinajstić information content (AvgIpc) is 2.48. The maximum atomic E-state index is 7.70. The molecule has 0 fully saturated rings. The molecule has 0 heterocycles. The van der Waals surface area contributed by atoms with Crippen molar-refractivity contribution in [2.45, 2.75) is 0 Å². The fourth-order valence-electron chi connectivity index (χ4n) is 2.08. The normalized spacial score (nSPS) is 11.0. The minimum atomic E-state index is 0.544. The molecule has 0 atom stereocenters. The molecule has 3 aromatic rings. The second-order valence-corrected chi connectivity index (χ2v) is 4.24. The number of benzene rings is 3. The molecule has 0 radical (unpaired) electrons. The average molecular weight is 231 g/mol. The highest BCUT2D eigenvalue weighted by Crippen LogP contribution is 2.25. The fourth-order valence-corrected chi connectivity index (χ4v) is 2.08. The van der Waals surface area contributed by atoms with Crippen molar-refractivity contribution < 1.29 is 1.37 Å². The molecule has 0 saturated heterocycles. The first kappa shape index (κ1) is 9.67. The Kier molecular flexibility index (Phi) is 2.62. The SMILES string of the molecule is [2H]c1cccc(-c2cccc(-c3ccccc3)c2)c1. The summed E-state index contributed by atoms with van der Waals surface area (Å²) in [5, 5.41) is 0. The minimum absolute atomic E-state index is 0.544.